The first-order chi connectivity index (χ1) is 11.5. The zero-order valence-corrected chi connectivity index (χ0v) is 14.8. The summed E-state index contributed by atoms with van der Waals surface area (Å²) in [6.45, 7) is 1.31. The van der Waals surface area contributed by atoms with Crippen molar-refractivity contribution in [2.24, 2.45) is 0 Å². The minimum absolute atomic E-state index is 0.0427. The van der Waals surface area contributed by atoms with Crippen LogP contribution in [0.5, 0.6) is 0 Å². The van der Waals surface area contributed by atoms with E-state index in [9.17, 15) is 14.9 Å². The standard InChI is InChI=1S/C17H18BrN3O3/c1-20(12-13-5-2-3-8-16(13)18)10-9-17(22)19-14-6-4-7-15(11-14)21(23)24/h2-8,11H,9-10,12H2,1H3,(H,19,22). The van der Waals surface area contributed by atoms with Crippen LogP contribution in [0.4, 0.5) is 11.4 Å². The Kier molecular flexibility index (Phi) is 6.45. The predicted octanol–water partition coefficient (Wildman–Crippen LogP) is 3.82. The molecule has 2 rings (SSSR count). The van der Waals surface area contributed by atoms with Gasteiger partial charge in [0.25, 0.3) is 5.69 Å². The number of halogens is 1. The lowest BCUT2D eigenvalue weighted by molar-refractivity contribution is -0.384. The number of benzene rings is 2. The van der Waals surface area contributed by atoms with Crippen molar-refractivity contribution in [2.45, 2.75) is 13.0 Å². The van der Waals surface area contributed by atoms with E-state index in [1.165, 1.54) is 12.1 Å². The molecule has 0 aliphatic rings. The van der Waals surface area contributed by atoms with Crippen molar-refractivity contribution in [1.82, 2.24) is 4.90 Å². The molecule has 24 heavy (non-hydrogen) atoms. The van der Waals surface area contributed by atoms with Gasteiger partial charge in [-0.15, -0.1) is 0 Å². The van der Waals surface area contributed by atoms with Gasteiger partial charge in [0, 0.05) is 41.8 Å². The topological polar surface area (TPSA) is 75.5 Å². The van der Waals surface area contributed by atoms with Gasteiger partial charge in [-0.1, -0.05) is 40.2 Å². The molecule has 0 heterocycles. The Balaban J connectivity index is 1.83. The molecule has 2 aromatic carbocycles. The summed E-state index contributed by atoms with van der Waals surface area (Å²) in [4.78, 5) is 24.3. The van der Waals surface area contributed by atoms with Crippen LogP contribution in [0.25, 0.3) is 0 Å². The fourth-order valence-corrected chi connectivity index (χ4v) is 2.62. The highest BCUT2D eigenvalue weighted by Gasteiger charge is 2.10. The molecule has 0 unspecified atom stereocenters. The number of nitro benzene ring substituents is 1. The van der Waals surface area contributed by atoms with E-state index in [1.807, 2.05) is 36.2 Å². The molecule has 1 N–H and O–H groups in total. The third-order valence-electron chi connectivity index (χ3n) is 3.46. The van der Waals surface area contributed by atoms with Crippen LogP contribution >= 0.6 is 15.9 Å². The molecule has 6 nitrogen and oxygen atoms in total. The molecule has 0 saturated heterocycles. The van der Waals surface area contributed by atoms with Gasteiger partial charge in [0.1, 0.15) is 0 Å². The first kappa shape index (κ1) is 18.1. The zero-order valence-electron chi connectivity index (χ0n) is 13.2. The fraction of sp³-hybridized carbons (Fsp3) is 0.235. The van der Waals surface area contributed by atoms with Gasteiger partial charge < -0.3 is 10.2 Å². The monoisotopic (exact) mass is 391 g/mol. The van der Waals surface area contributed by atoms with Crippen molar-refractivity contribution >= 4 is 33.2 Å². The van der Waals surface area contributed by atoms with Crippen LogP contribution in [0, 0.1) is 10.1 Å². The van der Waals surface area contributed by atoms with Gasteiger partial charge in [-0.2, -0.15) is 0 Å². The molecule has 0 spiro atoms. The molecule has 126 valence electrons. The number of anilines is 1. The van der Waals surface area contributed by atoms with E-state index in [0.29, 0.717) is 18.7 Å². The number of hydrogen-bond donors (Lipinski definition) is 1. The van der Waals surface area contributed by atoms with E-state index >= 15 is 0 Å². The molecule has 0 aliphatic heterocycles. The van der Waals surface area contributed by atoms with Gasteiger partial charge >= 0.3 is 0 Å². The average molecular weight is 392 g/mol. The van der Waals surface area contributed by atoms with Crippen molar-refractivity contribution in [3.05, 3.63) is 68.7 Å². The summed E-state index contributed by atoms with van der Waals surface area (Å²) in [6.07, 6.45) is 0.309. The van der Waals surface area contributed by atoms with Crippen LogP contribution < -0.4 is 5.32 Å². The minimum atomic E-state index is -0.485. The summed E-state index contributed by atoms with van der Waals surface area (Å²) in [6, 6.07) is 13.9. The van der Waals surface area contributed by atoms with E-state index in [0.717, 1.165) is 16.6 Å². The number of rotatable bonds is 7. The van der Waals surface area contributed by atoms with Crippen LogP contribution in [0.1, 0.15) is 12.0 Å². The second-order valence-corrected chi connectivity index (χ2v) is 6.29. The second kappa shape index (κ2) is 8.56. The van der Waals surface area contributed by atoms with Crippen LogP contribution in [-0.4, -0.2) is 29.3 Å². The summed E-state index contributed by atoms with van der Waals surface area (Å²) in [5.74, 6) is -0.172. The van der Waals surface area contributed by atoms with E-state index in [-0.39, 0.29) is 11.6 Å². The summed E-state index contributed by atoms with van der Waals surface area (Å²) in [5.41, 5.74) is 1.54. The Morgan fingerprint density at radius 2 is 2.00 bits per heavy atom. The molecule has 7 heteroatoms. The molecule has 0 atom stereocenters. The summed E-state index contributed by atoms with van der Waals surface area (Å²) in [7, 11) is 1.94. The van der Waals surface area contributed by atoms with Gasteiger partial charge in [0.2, 0.25) is 5.91 Å². The molecule has 0 aromatic heterocycles. The molecule has 0 fully saturated rings. The number of hydrogen-bond acceptors (Lipinski definition) is 4. The first-order valence-electron chi connectivity index (χ1n) is 7.42. The van der Waals surface area contributed by atoms with Crippen molar-refractivity contribution in [2.75, 3.05) is 18.9 Å². The zero-order chi connectivity index (χ0) is 17.5. The maximum atomic E-state index is 12.0. The van der Waals surface area contributed by atoms with Gasteiger partial charge in [-0.3, -0.25) is 14.9 Å². The van der Waals surface area contributed by atoms with Crippen molar-refractivity contribution < 1.29 is 9.72 Å². The average Bonchev–Trinajstić information content (AvgIpc) is 2.55. The number of carbonyl (C=O) groups is 1. The van der Waals surface area contributed by atoms with Crippen LogP contribution in [0.3, 0.4) is 0 Å². The number of amides is 1. The van der Waals surface area contributed by atoms with E-state index in [1.54, 1.807) is 12.1 Å². The normalized spacial score (nSPS) is 10.6. The summed E-state index contributed by atoms with van der Waals surface area (Å²) >= 11 is 3.51. The number of nitrogens with one attached hydrogen (secondary N) is 1. The molecular weight excluding hydrogens is 374 g/mol. The largest absolute Gasteiger partial charge is 0.326 e. The second-order valence-electron chi connectivity index (χ2n) is 5.43. The molecular formula is C17H18BrN3O3. The Hall–Kier alpha value is -2.25. The Morgan fingerprint density at radius 3 is 2.71 bits per heavy atom. The van der Waals surface area contributed by atoms with Crippen molar-refractivity contribution in [3.63, 3.8) is 0 Å². The SMILES string of the molecule is CN(CCC(=O)Nc1cccc([N+](=O)[O-])c1)Cc1ccccc1Br. The summed E-state index contributed by atoms with van der Waals surface area (Å²) < 4.78 is 1.04. The highest BCUT2D eigenvalue weighted by Crippen LogP contribution is 2.18. The van der Waals surface area contributed by atoms with Crippen LogP contribution in [0.2, 0.25) is 0 Å². The number of nitro groups is 1. The maximum Gasteiger partial charge on any atom is 0.271 e. The van der Waals surface area contributed by atoms with E-state index in [2.05, 4.69) is 21.2 Å². The Morgan fingerprint density at radius 1 is 1.25 bits per heavy atom. The fourth-order valence-electron chi connectivity index (χ4n) is 2.21. The molecule has 0 saturated carbocycles. The molecule has 0 radical (unpaired) electrons. The highest BCUT2D eigenvalue weighted by atomic mass is 79.9. The number of nitrogens with zero attached hydrogens (tertiary/aromatic N) is 2. The van der Waals surface area contributed by atoms with E-state index < -0.39 is 4.92 Å². The van der Waals surface area contributed by atoms with Gasteiger partial charge in [0.05, 0.1) is 4.92 Å². The Bertz CT molecular complexity index is 737. The molecule has 0 bridgehead atoms. The lowest BCUT2D eigenvalue weighted by Crippen LogP contribution is -2.24. The quantitative estimate of drug-likeness (QED) is 0.574. The number of carbonyl (C=O) groups excluding carboxylic acids is 1. The predicted molar refractivity (Wildman–Crippen MR) is 96.8 cm³/mol. The number of non-ortho nitro benzene ring substituents is 1. The highest BCUT2D eigenvalue weighted by molar-refractivity contribution is 9.10. The minimum Gasteiger partial charge on any atom is -0.326 e. The smallest absolute Gasteiger partial charge is 0.271 e. The molecule has 1 amide bonds. The van der Waals surface area contributed by atoms with Gasteiger partial charge in [-0.25, -0.2) is 0 Å². The lowest BCUT2D eigenvalue weighted by Gasteiger charge is -2.17. The summed E-state index contributed by atoms with van der Waals surface area (Å²) in [5, 5.41) is 13.4. The first-order valence-corrected chi connectivity index (χ1v) is 8.21. The van der Waals surface area contributed by atoms with Crippen LogP contribution in [0.15, 0.2) is 53.0 Å². The third-order valence-corrected chi connectivity index (χ3v) is 4.23. The molecule has 2 aromatic rings. The van der Waals surface area contributed by atoms with E-state index in [4.69, 9.17) is 0 Å². The lowest BCUT2D eigenvalue weighted by atomic mass is 10.2. The van der Waals surface area contributed by atoms with Crippen molar-refractivity contribution in [1.29, 1.82) is 0 Å². The third kappa shape index (κ3) is 5.43. The van der Waals surface area contributed by atoms with Crippen molar-refractivity contribution in [3.8, 4) is 0 Å². The molecule has 0 aliphatic carbocycles. The Labute approximate surface area is 148 Å². The maximum absolute atomic E-state index is 12.0. The van der Waals surface area contributed by atoms with Crippen LogP contribution in [-0.2, 0) is 11.3 Å². The van der Waals surface area contributed by atoms with Gasteiger partial charge in [-0.05, 0) is 24.7 Å². The van der Waals surface area contributed by atoms with Gasteiger partial charge in [0.15, 0.2) is 0 Å².